The Labute approximate surface area is 113 Å². The topological polar surface area (TPSA) is 35.5 Å². The third-order valence-corrected chi connectivity index (χ3v) is 4.04. The lowest BCUT2D eigenvalue weighted by molar-refractivity contribution is 0.123. The minimum Gasteiger partial charge on any atom is -0.394 e. The van der Waals surface area contributed by atoms with Crippen molar-refractivity contribution in [2.75, 3.05) is 20.2 Å². The second-order valence-electron chi connectivity index (χ2n) is 6.85. The average molecular weight is 256 g/mol. The molecule has 1 rings (SSSR count). The molecule has 0 aromatic heterocycles. The van der Waals surface area contributed by atoms with Crippen LogP contribution in [0.15, 0.2) is 0 Å². The quantitative estimate of drug-likeness (QED) is 0.664. The number of hydrogen-bond acceptors (Lipinski definition) is 3. The van der Waals surface area contributed by atoms with E-state index in [4.69, 9.17) is 0 Å². The Balaban J connectivity index is 2.36. The number of hydrogen-bond donors (Lipinski definition) is 2. The minimum atomic E-state index is -0.118. The maximum atomic E-state index is 9.63. The zero-order valence-electron chi connectivity index (χ0n) is 12.9. The normalized spacial score (nSPS) is 21.3. The van der Waals surface area contributed by atoms with Crippen molar-refractivity contribution in [1.29, 1.82) is 0 Å². The monoisotopic (exact) mass is 256 g/mol. The molecule has 2 atom stereocenters. The molecule has 0 heterocycles. The summed E-state index contributed by atoms with van der Waals surface area (Å²) in [6.07, 6.45) is 4.79. The van der Waals surface area contributed by atoms with Crippen LogP contribution in [0.5, 0.6) is 0 Å². The predicted molar refractivity (Wildman–Crippen MR) is 77.8 cm³/mol. The van der Waals surface area contributed by atoms with Gasteiger partial charge in [0.15, 0.2) is 0 Å². The highest BCUT2D eigenvalue weighted by Gasteiger charge is 2.33. The van der Waals surface area contributed by atoms with Gasteiger partial charge in [0.2, 0.25) is 0 Å². The summed E-state index contributed by atoms with van der Waals surface area (Å²) in [5.74, 6) is 0.758. The SMILES string of the molecule is CC(C)CCN(C)C(C)CC(C)(CO)NC1CC1. The molecule has 0 amide bonds. The Morgan fingerprint density at radius 2 is 1.94 bits per heavy atom. The Morgan fingerprint density at radius 1 is 1.33 bits per heavy atom. The molecule has 2 N–H and O–H groups in total. The number of aliphatic hydroxyl groups is 1. The first kappa shape index (κ1) is 15.9. The van der Waals surface area contributed by atoms with Crippen molar-refractivity contribution in [2.24, 2.45) is 5.92 Å². The summed E-state index contributed by atoms with van der Waals surface area (Å²) in [5.41, 5.74) is -0.118. The molecule has 0 bridgehead atoms. The highest BCUT2D eigenvalue weighted by molar-refractivity contribution is 4.94. The van der Waals surface area contributed by atoms with Gasteiger partial charge in [-0.3, -0.25) is 0 Å². The van der Waals surface area contributed by atoms with E-state index in [1.54, 1.807) is 0 Å². The summed E-state index contributed by atoms with van der Waals surface area (Å²) in [5, 5.41) is 13.2. The maximum Gasteiger partial charge on any atom is 0.0611 e. The molecule has 2 unspecified atom stereocenters. The van der Waals surface area contributed by atoms with Gasteiger partial charge >= 0.3 is 0 Å². The first-order valence-corrected chi connectivity index (χ1v) is 7.45. The summed E-state index contributed by atoms with van der Waals surface area (Å²) in [7, 11) is 2.20. The molecule has 0 radical (unpaired) electrons. The standard InChI is InChI=1S/C15H32N2O/c1-12(2)8-9-17(5)13(3)10-15(4,11-18)16-14-6-7-14/h12-14,16,18H,6-11H2,1-5H3. The van der Waals surface area contributed by atoms with Gasteiger partial charge in [-0.1, -0.05) is 13.8 Å². The Hall–Kier alpha value is -0.120. The summed E-state index contributed by atoms with van der Waals surface area (Å²) in [4.78, 5) is 2.42. The lowest BCUT2D eigenvalue weighted by Crippen LogP contribution is -2.51. The zero-order chi connectivity index (χ0) is 13.8. The van der Waals surface area contributed by atoms with E-state index in [2.05, 4.69) is 45.0 Å². The summed E-state index contributed by atoms with van der Waals surface area (Å²) in [6, 6.07) is 1.16. The largest absolute Gasteiger partial charge is 0.394 e. The summed E-state index contributed by atoms with van der Waals surface area (Å²) in [6.45, 7) is 10.3. The molecule has 1 aliphatic rings. The lowest BCUT2D eigenvalue weighted by atomic mass is 9.93. The Morgan fingerprint density at radius 3 is 2.39 bits per heavy atom. The second-order valence-corrected chi connectivity index (χ2v) is 6.85. The van der Waals surface area contributed by atoms with E-state index in [9.17, 15) is 5.11 Å². The lowest BCUT2D eigenvalue weighted by Gasteiger charge is -2.35. The van der Waals surface area contributed by atoms with Gasteiger partial charge in [0.25, 0.3) is 0 Å². The number of nitrogens with zero attached hydrogens (tertiary/aromatic N) is 1. The molecule has 0 aromatic carbocycles. The van der Waals surface area contributed by atoms with Crippen LogP contribution in [-0.4, -0.2) is 47.8 Å². The maximum absolute atomic E-state index is 9.63. The minimum absolute atomic E-state index is 0.118. The van der Waals surface area contributed by atoms with Crippen LogP contribution in [0.1, 0.15) is 53.4 Å². The highest BCUT2D eigenvalue weighted by Crippen LogP contribution is 2.25. The van der Waals surface area contributed by atoms with Crippen molar-refractivity contribution >= 4 is 0 Å². The van der Waals surface area contributed by atoms with Gasteiger partial charge in [0.05, 0.1) is 6.61 Å². The molecular formula is C15H32N2O. The van der Waals surface area contributed by atoms with Gasteiger partial charge in [0.1, 0.15) is 0 Å². The molecular weight excluding hydrogens is 224 g/mol. The molecule has 1 fully saturated rings. The van der Waals surface area contributed by atoms with Crippen molar-refractivity contribution in [1.82, 2.24) is 10.2 Å². The molecule has 1 saturated carbocycles. The molecule has 18 heavy (non-hydrogen) atoms. The van der Waals surface area contributed by atoms with Gasteiger partial charge < -0.3 is 15.3 Å². The molecule has 108 valence electrons. The van der Waals surface area contributed by atoms with E-state index in [0.717, 1.165) is 18.9 Å². The fourth-order valence-corrected chi connectivity index (χ4v) is 2.38. The summed E-state index contributed by atoms with van der Waals surface area (Å²) < 4.78 is 0. The van der Waals surface area contributed by atoms with Crippen molar-refractivity contribution in [3.05, 3.63) is 0 Å². The van der Waals surface area contributed by atoms with Gasteiger partial charge in [-0.15, -0.1) is 0 Å². The van der Waals surface area contributed by atoms with Crippen LogP contribution in [0.3, 0.4) is 0 Å². The first-order valence-electron chi connectivity index (χ1n) is 7.45. The smallest absolute Gasteiger partial charge is 0.0611 e. The van der Waals surface area contributed by atoms with Crippen molar-refractivity contribution in [2.45, 2.75) is 71.0 Å². The predicted octanol–water partition coefficient (Wildman–Crippen LogP) is 2.25. The van der Waals surface area contributed by atoms with Crippen molar-refractivity contribution < 1.29 is 5.11 Å². The fourth-order valence-electron chi connectivity index (χ4n) is 2.38. The van der Waals surface area contributed by atoms with Gasteiger partial charge in [-0.05, 0) is 59.0 Å². The molecule has 1 aliphatic carbocycles. The second kappa shape index (κ2) is 6.88. The number of rotatable bonds is 9. The first-order chi connectivity index (χ1) is 8.36. The van der Waals surface area contributed by atoms with E-state index >= 15 is 0 Å². The van der Waals surface area contributed by atoms with Crippen molar-refractivity contribution in [3.63, 3.8) is 0 Å². The van der Waals surface area contributed by atoms with E-state index in [0.29, 0.717) is 12.1 Å². The van der Waals surface area contributed by atoms with E-state index in [1.807, 2.05) is 0 Å². The molecule has 0 spiro atoms. The molecule has 0 saturated heterocycles. The van der Waals surface area contributed by atoms with Crippen LogP contribution in [0.25, 0.3) is 0 Å². The zero-order valence-corrected chi connectivity index (χ0v) is 12.9. The van der Waals surface area contributed by atoms with Gasteiger partial charge in [-0.25, -0.2) is 0 Å². The van der Waals surface area contributed by atoms with Crippen LogP contribution in [0.2, 0.25) is 0 Å². The molecule has 0 aromatic rings. The van der Waals surface area contributed by atoms with Gasteiger partial charge in [0, 0.05) is 17.6 Å². The molecule has 3 nitrogen and oxygen atoms in total. The van der Waals surface area contributed by atoms with E-state index in [1.165, 1.54) is 19.3 Å². The van der Waals surface area contributed by atoms with Crippen LogP contribution < -0.4 is 5.32 Å². The molecule has 3 heteroatoms. The Bertz CT molecular complexity index is 241. The van der Waals surface area contributed by atoms with Crippen molar-refractivity contribution in [3.8, 4) is 0 Å². The number of aliphatic hydroxyl groups excluding tert-OH is 1. The van der Waals surface area contributed by atoms with Gasteiger partial charge in [-0.2, -0.15) is 0 Å². The van der Waals surface area contributed by atoms with E-state index < -0.39 is 0 Å². The highest BCUT2D eigenvalue weighted by atomic mass is 16.3. The van der Waals surface area contributed by atoms with Crippen LogP contribution in [-0.2, 0) is 0 Å². The van der Waals surface area contributed by atoms with Crippen LogP contribution in [0, 0.1) is 5.92 Å². The Kier molecular flexibility index (Phi) is 6.09. The van der Waals surface area contributed by atoms with Crippen LogP contribution in [0.4, 0.5) is 0 Å². The fraction of sp³-hybridized carbons (Fsp3) is 1.00. The third kappa shape index (κ3) is 5.68. The summed E-state index contributed by atoms with van der Waals surface area (Å²) >= 11 is 0. The van der Waals surface area contributed by atoms with E-state index in [-0.39, 0.29) is 12.1 Å². The number of nitrogens with one attached hydrogen (secondary N) is 1. The molecule has 0 aliphatic heterocycles. The average Bonchev–Trinajstić information content (AvgIpc) is 3.09. The third-order valence-electron chi connectivity index (χ3n) is 4.04. The van der Waals surface area contributed by atoms with Crippen LogP contribution >= 0.6 is 0 Å².